The van der Waals surface area contributed by atoms with Gasteiger partial charge in [0.1, 0.15) is 0 Å². The average Bonchev–Trinajstić information content (AvgIpc) is 1.84. The Kier molecular flexibility index (Phi) is 6.26. The van der Waals surface area contributed by atoms with Crippen LogP contribution in [0.15, 0.2) is 5.16 Å². The first-order valence-electron chi connectivity index (χ1n) is 1.61. The van der Waals surface area contributed by atoms with Crippen LogP contribution in [0.2, 0.25) is 0 Å². The van der Waals surface area contributed by atoms with Crippen molar-refractivity contribution in [2.24, 2.45) is 5.16 Å². The van der Waals surface area contributed by atoms with E-state index in [4.69, 9.17) is 16.8 Å². The second-order valence-electron chi connectivity index (χ2n) is 0.868. The van der Waals surface area contributed by atoms with Gasteiger partial charge in [-0.05, 0) is 0 Å². The maximum absolute atomic E-state index is 8.09. The molecular weight excluding hydrogens is 201 g/mol. The fraction of sp³-hybridized carbons (Fsp3) is 0. The van der Waals surface area contributed by atoms with Gasteiger partial charge in [-0.3, -0.25) is 0 Å². The highest BCUT2D eigenvalue weighted by Gasteiger charge is 2.03. The quantitative estimate of drug-likeness (QED) is 0.321. The topological polar surface area (TPSA) is 32.6 Å². The molecule has 0 saturated carbocycles. The lowest BCUT2D eigenvalue weighted by atomic mass is 11.7. The normalized spacial score (nSPS) is 17.6. The maximum Gasteiger partial charge on any atom is 0.175 e. The SMILES string of the molecule is O/N=C(\Cl)P(P)PP. The van der Waals surface area contributed by atoms with Crippen LogP contribution >= 0.6 is 44.7 Å². The van der Waals surface area contributed by atoms with Gasteiger partial charge < -0.3 is 5.21 Å². The second kappa shape index (κ2) is 5.28. The third-order valence-corrected chi connectivity index (χ3v) is 11.5. The molecule has 1 N–H and O–H groups in total. The molecule has 0 heterocycles. The van der Waals surface area contributed by atoms with Gasteiger partial charge in [-0.15, -0.1) is 8.93 Å². The van der Waals surface area contributed by atoms with Crippen LogP contribution in [0.1, 0.15) is 0 Å². The minimum Gasteiger partial charge on any atom is -0.410 e. The number of rotatable bonds is 2. The summed E-state index contributed by atoms with van der Waals surface area (Å²) in [7, 11) is 5.25. The Morgan fingerprint density at radius 1 is 1.88 bits per heavy atom. The molecule has 2 nitrogen and oxygen atoms in total. The van der Waals surface area contributed by atoms with E-state index in [1.165, 1.54) is 0 Å². The first-order valence-corrected chi connectivity index (χ1v) is 8.60. The van der Waals surface area contributed by atoms with E-state index in [1.807, 2.05) is 0 Å². The fourth-order valence-corrected chi connectivity index (χ4v) is 3.19. The second-order valence-corrected chi connectivity index (χ2v) is 10.6. The van der Waals surface area contributed by atoms with Crippen molar-refractivity contribution in [1.82, 2.24) is 0 Å². The summed E-state index contributed by atoms with van der Waals surface area (Å²) in [5, 5.41) is 10.9. The standard InChI is InChI=1S/CH6ClNOP4/c2-1(3-4)8(6)7-5/h4,7H,5-6H2/b3-1+. The zero-order valence-corrected chi connectivity index (χ0v) is 8.83. The summed E-state index contributed by atoms with van der Waals surface area (Å²) < 4.78 is 0. The summed E-state index contributed by atoms with van der Waals surface area (Å²) in [6, 6.07) is 0. The number of hydrogen-bond acceptors (Lipinski definition) is 2. The Morgan fingerprint density at radius 2 is 2.38 bits per heavy atom. The molecule has 48 valence electrons. The van der Waals surface area contributed by atoms with Gasteiger partial charge in [-0.2, -0.15) is 0 Å². The predicted molar refractivity (Wildman–Crippen MR) is 49.7 cm³/mol. The number of nitrogens with zero attached hydrogens (tertiary/aromatic N) is 1. The van der Waals surface area contributed by atoms with Crippen molar-refractivity contribution < 1.29 is 5.21 Å². The number of halogens is 1. The third-order valence-electron chi connectivity index (χ3n) is 0.420. The van der Waals surface area contributed by atoms with Crippen LogP contribution in [0.4, 0.5) is 0 Å². The van der Waals surface area contributed by atoms with Gasteiger partial charge in [-0.25, -0.2) is 0 Å². The summed E-state index contributed by atoms with van der Waals surface area (Å²) in [4.78, 5) is 0.304. The molecule has 0 rings (SSSR count). The molecule has 0 fully saturated rings. The van der Waals surface area contributed by atoms with Gasteiger partial charge in [0.15, 0.2) is 4.91 Å². The van der Waals surface area contributed by atoms with Crippen LogP contribution in [-0.4, -0.2) is 10.1 Å². The number of oxime groups is 1. The molecule has 8 heavy (non-hydrogen) atoms. The molecule has 0 saturated heterocycles. The minimum absolute atomic E-state index is 0.304. The van der Waals surface area contributed by atoms with Crippen molar-refractivity contribution in [2.75, 3.05) is 0 Å². The van der Waals surface area contributed by atoms with Crippen LogP contribution in [0.3, 0.4) is 0 Å². The van der Waals surface area contributed by atoms with Crippen LogP contribution < -0.4 is 0 Å². The molecule has 0 aromatic rings. The molecule has 0 aromatic heterocycles. The lowest BCUT2D eigenvalue weighted by molar-refractivity contribution is 0.322. The monoisotopic (exact) mass is 207 g/mol. The molecule has 0 bridgehead atoms. The van der Waals surface area contributed by atoms with E-state index in [2.05, 4.69) is 23.0 Å². The summed E-state index contributed by atoms with van der Waals surface area (Å²) in [6.45, 7) is 0. The zero-order chi connectivity index (χ0) is 6.57. The van der Waals surface area contributed by atoms with Gasteiger partial charge in [0.25, 0.3) is 0 Å². The van der Waals surface area contributed by atoms with Crippen LogP contribution in [-0.2, 0) is 0 Å². The molecule has 7 heteroatoms. The Bertz CT molecular complexity index is 96.0. The van der Waals surface area contributed by atoms with Gasteiger partial charge >= 0.3 is 0 Å². The lowest BCUT2D eigenvalue weighted by Crippen LogP contribution is -1.70. The van der Waals surface area contributed by atoms with E-state index >= 15 is 0 Å². The highest BCUT2D eigenvalue weighted by atomic mass is 35.5. The molecule has 0 spiro atoms. The van der Waals surface area contributed by atoms with Gasteiger partial charge in [0, 0.05) is 7.30 Å². The van der Waals surface area contributed by atoms with Crippen molar-refractivity contribution in [3.63, 3.8) is 0 Å². The molecule has 0 radical (unpaired) electrons. The minimum atomic E-state index is -0.467. The molecule has 0 amide bonds. The first kappa shape index (κ1) is 9.48. The van der Waals surface area contributed by atoms with Crippen molar-refractivity contribution in [2.45, 2.75) is 0 Å². The molecule has 0 aliphatic heterocycles. The van der Waals surface area contributed by atoms with Crippen molar-refractivity contribution in [3.8, 4) is 0 Å². The molecule has 4 atom stereocenters. The summed E-state index contributed by atoms with van der Waals surface area (Å²) in [6.07, 6.45) is 0. The van der Waals surface area contributed by atoms with E-state index in [0.29, 0.717) is 12.9 Å². The van der Waals surface area contributed by atoms with Gasteiger partial charge in [0.05, 0.1) is 0 Å². The molecule has 4 unspecified atom stereocenters. The Hall–Kier alpha value is 1.48. The Balaban J connectivity index is 3.63. The summed E-state index contributed by atoms with van der Waals surface area (Å²) >= 11 is 5.42. The van der Waals surface area contributed by atoms with E-state index in [0.717, 1.165) is 0 Å². The Labute approximate surface area is 60.4 Å². The Morgan fingerprint density at radius 3 is 2.50 bits per heavy atom. The maximum atomic E-state index is 8.09. The third kappa shape index (κ3) is 3.49. The molecular formula is CH6ClNOP4. The van der Waals surface area contributed by atoms with E-state index < -0.39 is 7.30 Å². The lowest BCUT2D eigenvalue weighted by Gasteiger charge is -2.00. The van der Waals surface area contributed by atoms with Crippen molar-refractivity contribution >= 4 is 49.6 Å². The molecule has 0 aromatic carbocycles. The van der Waals surface area contributed by atoms with E-state index in [9.17, 15) is 0 Å². The first-order chi connectivity index (χ1) is 3.72. The van der Waals surface area contributed by atoms with Crippen molar-refractivity contribution in [3.05, 3.63) is 0 Å². The fourth-order valence-electron chi connectivity index (χ4n) is 0.101. The summed E-state index contributed by atoms with van der Waals surface area (Å²) in [5.74, 6) is 0. The van der Waals surface area contributed by atoms with Gasteiger partial charge in [-0.1, -0.05) is 33.6 Å². The largest absolute Gasteiger partial charge is 0.410 e. The smallest absolute Gasteiger partial charge is 0.175 e. The average molecular weight is 207 g/mol. The van der Waals surface area contributed by atoms with Crippen molar-refractivity contribution in [1.29, 1.82) is 0 Å². The molecule has 0 aliphatic carbocycles. The van der Waals surface area contributed by atoms with Crippen LogP contribution in [0, 0.1) is 0 Å². The van der Waals surface area contributed by atoms with Gasteiger partial charge in [0.2, 0.25) is 0 Å². The van der Waals surface area contributed by atoms with Crippen LogP contribution in [0.25, 0.3) is 0 Å². The van der Waals surface area contributed by atoms with E-state index in [1.54, 1.807) is 0 Å². The van der Waals surface area contributed by atoms with Crippen LogP contribution in [0.5, 0.6) is 0 Å². The summed E-state index contributed by atoms with van der Waals surface area (Å²) in [5.41, 5.74) is 0. The number of hydrogen-bond donors (Lipinski definition) is 1. The predicted octanol–water partition coefficient (Wildman–Crippen LogP) is 2.63. The highest BCUT2D eigenvalue weighted by Crippen LogP contribution is 2.67. The zero-order valence-electron chi connectivity index (χ0n) is 3.87. The molecule has 0 aliphatic rings. The van der Waals surface area contributed by atoms with E-state index in [-0.39, 0.29) is 0 Å². The highest BCUT2D eigenvalue weighted by molar-refractivity contribution is 8.66.